The van der Waals surface area contributed by atoms with Crippen molar-refractivity contribution in [2.24, 2.45) is 22.7 Å². The molecule has 3 fully saturated rings. The molecule has 0 radical (unpaired) electrons. The van der Waals surface area contributed by atoms with Crippen molar-refractivity contribution >= 4 is 11.8 Å². The zero-order valence-electron chi connectivity index (χ0n) is 14.2. The number of hydrogen-bond donors (Lipinski definition) is 0. The van der Waals surface area contributed by atoms with Crippen LogP contribution in [0.5, 0.6) is 0 Å². The van der Waals surface area contributed by atoms with Crippen molar-refractivity contribution < 1.29 is 18.7 Å². The maximum Gasteiger partial charge on any atom is 0.312 e. The van der Waals surface area contributed by atoms with Crippen LogP contribution in [-0.4, -0.2) is 18.4 Å². The number of furan rings is 1. The number of hydrogen-bond acceptors (Lipinski definition) is 4. The number of ketones is 1. The van der Waals surface area contributed by atoms with Crippen molar-refractivity contribution in [2.45, 2.75) is 45.4 Å². The Kier molecular flexibility index (Phi) is 3.48. The van der Waals surface area contributed by atoms with Crippen molar-refractivity contribution in [2.75, 3.05) is 6.61 Å². The Labute approximate surface area is 142 Å². The summed E-state index contributed by atoms with van der Waals surface area (Å²) in [6, 6.07) is 1.72. The maximum absolute atomic E-state index is 12.7. The second kappa shape index (κ2) is 5.33. The minimum Gasteiger partial charge on any atom is -0.472 e. The zero-order chi connectivity index (χ0) is 16.9. The van der Waals surface area contributed by atoms with Crippen LogP contribution in [0.25, 0.3) is 0 Å². The lowest BCUT2D eigenvalue weighted by Gasteiger charge is -2.61. The van der Waals surface area contributed by atoms with E-state index in [0.717, 1.165) is 37.7 Å². The van der Waals surface area contributed by atoms with E-state index in [0.29, 0.717) is 24.5 Å². The first-order valence-electron chi connectivity index (χ1n) is 8.88. The molecule has 2 bridgehead atoms. The van der Waals surface area contributed by atoms with Crippen molar-refractivity contribution in [1.29, 1.82) is 0 Å². The Morgan fingerprint density at radius 1 is 1.42 bits per heavy atom. The van der Waals surface area contributed by atoms with Crippen LogP contribution in [0.1, 0.15) is 55.8 Å². The molecular weight excluding hydrogens is 304 g/mol. The van der Waals surface area contributed by atoms with E-state index in [4.69, 9.17) is 9.15 Å². The molecular formula is C20H24O4. The van der Waals surface area contributed by atoms with Gasteiger partial charge in [-0.3, -0.25) is 9.59 Å². The van der Waals surface area contributed by atoms with Gasteiger partial charge < -0.3 is 9.15 Å². The SMILES string of the molecule is C=C1CC[C@@H]2[C@]3(CCC[C@]2(C)C(=O)OC3)[C@H]1CC(=O)c1ccoc1. The van der Waals surface area contributed by atoms with E-state index in [-0.39, 0.29) is 23.1 Å². The largest absolute Gasteiger partial charge is 0.472 e. The molecule has 3 aliphatic rings. The number of ether oxygens (including phenoxy) is 1. The third kappa shape index (κ3) is 2.04. The highest BCUT2D eigenvalue weighted by molar-refractivity contribution is 5.96. The minimum atomic E-state index is -0.395. The number of rotatable bonds is 3. The Morgan fingerprint density at radius 3 is 3.00 bits per heavy atom. The van der Waals surface area contributed by atoms with Crippen molar-refractivity contribution in [3.63, 3.8) is 0 Å². The van der Waals surface area contributed by atoms with Crippen LogP contribution in [0.3, 0.4) is 0 Å². The highest BCUT2D eigenvalue weighted by Gasteiger charge is 2.63. The molecule has 0 unspecified atom stereocenters. The second-order valence-electron chi connectivity index (χ2n) is 8.02. The Bertz CT molecular complexity index is 689. The van der Waals surface area contributed by atoms with Gasteiger partial charge in [-0.1, -0.05) is 18.6 Å². The van der Waals surface area contributed by atoms with Gasteiger partial charge in [-0.05, 0) is 50.5 Å². The predicted molar refractivity (Wildman–Crippen MR) is 88.4 cm³/mol. The second-order valence-corrected chi connectivity index (χ2v) is 8.02. The van der Waals surface area contributed by atoms with Gasteiger partial charge >= 0.3 is 5.97 Å². The van der Waals surface area contributed by atoms with Crippen LogP contribution in [-0.2, 0) is 9.53 Å². The van der Waals surface area contributed by atoms with Crippen LogP contribution in [0.15, 0.2) is 35.2 Å². The van der Waals surface area contributed by atoms with Gasteiger partial charge in [0.25, 0.3) is 0 Å². The van der Waals surface area contributed by atoms with Crippen molar-refractivity contribution in [1.82, 2.24) is 0 Å². The molecule has 2 heterocycles. The molecule has 2 aliphatic carbocycles. The summed E-state index contributed by atoms with van der Waals surface area (Å²) >= 11 is 0. The lowest BCUT2D eigenvalue weighted by Crippen LogP contribution is -2.61. The van der Waals surface area contributed by atoms with E-state index in [1.807, 2.05) is 0 Å². The lowest BCUT2D eigenvalue weighted by atomic mass is 9.45. The molecule has 1 aromatic rings. The fourth-order valence-electron chi connectivity index (χ4n) is 5.66. The van der Waals surface area contributed by atoms with E-state index < -0.39 is 5.41 Å². The Hall–Kier alpha value is -1.84. The van der Waals surface area contributed by atoms with Gasteiger partial charge in [-0.25, -0.2) is 0 Å². The Balaban J connectivity index is 1.69. The van der Waals surface area contributed by atoms with E-state index in [9.17, 15) is 9.59 Å². The topological polar surface area (TPSA) is 56.5 Å². The molecule has 0 amide bonds. The average Bonchev–Trinajstić information content (AvgIpc) is 3.09. The first-order valence-corrected chi connectivity index (χ1v) is 8.88. The van der Waals surface area contributed by atoms with Crippen molar-refractivity contribution in [3.05, 3.63) is 36.3 Å². The average molecular weight is 328 g/mol. The molecule has 1 aliphatic heterocycles. The summed E-state index contributed by atoms with van der Waals surface area (Å²) in [5, 5.41) is 0. The summed E-state index contributed by atoms with van der Waals surface area (Å²) in [4.78, 5) is 25.1. The highest BCUT2D eigenvalue weighted by Crippen LogP contribution is 2.64. The fourth-order valence-corrected chi connectivity index (χ4v) is 5.66. The van der Waals surface area contributed by atoms with Crippen LogP contribution in [0.4, 0.5) is 0 Å². The van der Waals surface area contributed by atoms with Crippen LogP contribution >= 0.6 is 0 Å². The third-order valence-corrected chi connectivity index (χ3v) is 6.91. The van der Waals surface area contributed by atoms with Crippen molar-refractivity contribution in [3.8, 4) is 0 Å². The third-order valence-electron chi connectivity index (χ3n) is 6.91. The van der Waals surface area contributed by atoms with E-state index in [2.05, 4.69) is 13.5 Å². The normalized spacial score (nSPS) is 38.4. The summed E-state index contributed by atoms with van der Waals surface area (Å²) < 4.78 is 10.7. The molecule has 0 spiro atoms. The van der Waals surface area contributed by atoms with Crippen LogP contribution < -0.4 is 0 Å². The highest BCUT2D eigenvalue weighted by atomic mass is 16.5. The van der Waals surface area contributed by atoms with Gasteiger partial charge in [-0.2, -0.15) is 0 Å². The molecule has 1 saturated heterocycles. The lowest BCUT2D eigenvalue weighted by molar-refractivity contribution is -0.206. The predicted octanol–water partition coefficient (Wildman–Crippen LogP) is 4.17. The summed E-state index contributed by atoms with van der Waals surface area (Å²) in [6.45, 7) is 6.79. The minimum absolute atomic E-state index is 0.0461. The maximum atomic E-state index is 12.7. The van der Waals surface area contributed by atoms with Gasteiger partial charge in [-0.15, -0.1) is 0 Å². The molecule has 128 valence electrons. The summed E-state index contributed by atoms with van der Waals surface area (Å²) in [5.41, 5.74) is 1.25. The monoisotopic (exact) mass is 328 g/mol. The van der Waals surface area contributed by atoms with Crippen LogP contribution in [0.2, 0.25) is 0 Å². The summed E-state index contributed by atoms with van der Waals surface area (Å²) in [5.74, 6) is 0.434. The number of esters is 1. The van der Waals surface area contributed by atoms with Gasteiger partial charge in [0.15, 0.2) is 5.78 Å². The number of carbonyl (C=O) groups excluding carboxylic acids is 2. The summed E-state index contributed by atoms with van der Waals surface area (Å²) in [7, 11) is 0. The molecule has 2 saturated carbocycles. The Morgan fingerprint density at radius 2 is 2.25 bits per heavy atom. The zero-order valence-corrected chi connectivity index (χ0v) is 14.2. The number of Topliss-reactive ketones (excluding diaryl/α,β-unsaturated/α-hetero) is 1. The number of allylic oxidation sites excluding steroid dienone is 1. The molecule has 4 heteroatoms. The molecule has 0 N–H and O–H groups in total. The van der Waals surface area contributed by atoms with Gasteiger partial charge in [0.2, 0.25) is 0 Å². The van der Waals surface area contributed by atoms with Gasteiger partial charge in [0.1, 0.15) is 6.26 Å². The first kappa shape index (κ1) is 15.7. The first-order chi connectivity index (χ1) is 11.5. The molecule has 4 atom stereocenters. The van der Waals surface area contributed by atoms with E-state index in [1.54, 1.807) is 6.07 Å². The standard InChI is InChI=1S/C20H24O4/c1-13-4-5-17-19(2)7-3-8-20(17,12-24-18(19)22)15(13)10-16(21)14-6-9-23-11-14/h6,9,11,15,17H,1,3-5,7-8,10,12H2,2H3/t15-,17-,19-,20-/m0/s1. The molecule has 0 aromatic carbocycles. The van der Waals surface area contributed by atoms with E-state index in [1.165, 1.54) is 12.5 Å². The smallest absolute Gasteiger partial charge is 0.312 e. The molecule has 4 rings (SSSR count). The quantitative estimate of drug-likeness (QED) is 0.475. The van der Waals surface area contributed by atoms with Crippen LogP contribution in [0, 0.1) is 22.7 Å². The molecule has 24 heavy (non-hydrogen) atoms. The van der Waals surface area contributed by atoms with E-state index >= 15 is 0 Å². The number of carbonyl (C=O) groups is 2. The van der Waals surface area contributed by atoms with Gasteiger partial charge in [0.05, 0.1) is 23.8 Å². The molecule has 1 aromatic heterocycles. The van der Waals surface area contributed by atoms with Gasteiger partial charge in [0, 0.05) is 11.8 Å². The molecule has 4 nitrogen and oxygen atoms in total. The summed E-state index contributed by atoms with van der Waals surface area (Å²) in [6.07, 6.45) is 8.29. The fraction of sp³-hybridized carbons (Fsp3) is 0.600. The number of cyclic esters (lactones) is 1.